The molecule has 0 aromatic carbocycles. The van der Waals surface area contributed by atoms with Gasteiger partial charge in [0.05, 0.1) is 12.7 Å². The van der Waals surface area contributed by atoms with Crippen molar-refractivity contribution in [3.8, 4) is 0 Å². The third-order valence-electron chi connectivity index (χ3n) is 4.69. The molecule has 0 aromatic heterocycles. The summed E-state index contributed by atoms with van der Waals surface area (Å²) in [6.07, 6.45) is 6.38. The highest BCUT2D eigenvalue weighted by atomic mass is 16.5. The molecule has 20 heavy (non-hydrogen) atoms. The molecular formula is C15H28N2O3. The third-order valence-corrected chi connectivity index (χ3v) is 4.69. The van der Waals surface area contributed by atoms with E-state index in [0.29, 0.717) is 19.1 Å². The van der Waals surface area contributed by atoms with Gasteiger partial charge in [0.2, 0.25) is 5.91 Å². The predicted molar refractivity (Wildman–Crippen MR) is 77.4 cm³/mol. The van der Waals surface area contributed by atoms with Crippen LogP contribution in [-0.2, 0) is 14.3 Å². The number of ether oxygens (including phenoxy) is 2. The smallest absolute Gasteiger partial charge is 0.238 e. The average Bonchev–Trinajstić information content (AvgIpc) is 3.05. The molecule has 1 heterocycles. The van der Waals surface area contributed by atoms with Crippen molar-refractivity contribution in [2.45, 2.75) is 57.1 Å². The fourth-order valence-electron chi connectivity index (χ4n) is 3.64. The molecule has 2 fully saturated rings. The standard InChI is InChI=1S/C15H28N2O3/c1-2-17-15(14(16)18)8-3-5-12(15)7-10-19-11-13-6-4-9-20-13/h12-13,17H,2-11H2,1H3,(H2,16,18). The zero-order valence-corrected chi connectivity index (χ0v) is 12.5. The van der Waals surface area contributed by atoms with Crippen LogP contribution in [0, 0.1) is 5.92 Å². The molecule has 1 saturated carbocycles. The quantitative estimate of drug-likeness (QED) is 0.657. The van der Waals surface area contributed by atoms with Gasteiger partial charge >= 0.3 is 0 Å². The van der Waals surface area contributed by atoms with E-state index in [1.807, 2.05) is 6.92 Å². The second-order valence-corrected chi connectivity index (χ2v) is 5.95. The van der Waals surface area contributed by atoms with Crippen LogP contribution in [0.25, 0.3) is 0 Å². The lowest BCUT2D eigenvalue weighted by Crippen LogP contribution is -2.58. The second-order valence-electron chi connectivity index (χ2n) is 5.95. The SMILES string of the molecule is CCNC1(C(N)=O)CCCC1CCOCC1CCCO1. The first-order chi connectivity index (χ1) is 9.69. The molecule has 3 N–H and O–H groups in total. The Kier molecular flexibility index (Phi) is 5.81. The van der Waals surface area contributed by atoms with Gasteiger partial charge in [0.1, 0.15) is 5.54 Å². The van der Waals surface area contributed by atoms with Gasteiger partial charge in [-0.05, 0) is 44.6 Å². The maximum Gasteiger partial charge on any atom is 0.238 e. The van der Waals surface area contributed by atoms with E-state index in [9.17, 15) is 4.79 Å². The molecule has 1 aliphatic carbocycles. The Labute approximate surface area is 121 Å². The van der Waals surface area contributed by atoms with E-state index in [1.54, 1.807) is 0 Å². The monoisotopic (exact) mass is 284 g/mol. The van der Waals surface area contributed by atoms with Gasteiger partial charge in [0.15, 0.2) is 0 Å². The Hall–Kier alpha value is -0.650. The number of nitrogens with one attached hydrogen (secondary N) is 1. The minimum absolute atomic E-state index is 0.207. The summed E-state index contributed by atoms with van der Waals surface area (Å²) in [4.78, 5) is 11.9. The van der Waals surface area contributed by atoms with Crippen LogP contribution in [-0.4, -0.2) is 43.9 Å². The lowest BCUT2D eigenvalue weighted by atomic mass is 9.84. The molecule has 1 amide bonds. The highest BCUT2D eigenvalue weighted by molar-refractivity contribution is 5.85. The van der Waals surface area contributed by atoms with Crippen molar-refractivity contribution in [3.63, 3.8) is 0 Å². The molecule has 5 nitrogen and oxygen atoms in total. The lowest BCUT2D eigenvalue weighted by Gasteiger charge is -2.33. The Balaban J connectivity index is 1.76. The molecule has 1 aliphatic heterocycles. The van der Waals surface area contributed by atoms with Crippen LogP contribution in [0.4, 0.5) is 0 Å². The number of hydrogen-bond acceptors (Lipinski definition) is 4. The largest absolute Gasteiger partial charge is 0.379 e. The summed E-state index contributed by atoms with van der Waals surface area (Å²) >= 11 is 0. The number of rotatable bonds is 8. The number of nitrogens with two attached hydrogens (primary N) is 1. The molecule has 2 aliphatic rings. The van der Waals surface area contributed by atoms with Crippen molar-refractivity contribution >= 4 is 5.91 Å². The molecule has 3 unspecified atom stereocenters. The molecule has 2 rings (SSSR count). The first-order valence-corrected chi connectivity index (χ1v) is 7.93. The van der Waals surface area contributed by atoms with Crippen LogP contribution in [0.1, 0.15) is 45.4 Å². The fourth-order valence-corrected chi connectivity index (χ4v) is 3.64. The van der Waals surface area contributed by atoms with Gasteiger partial charge in [-0.25, -0.2) is 0 Å². The molecule has 0 spiro atoms. The summed E-state index contributed by atoms with van der Waals surface area (Å²) < 4.78 is 11.3. The van der Waals surface area contributed by atoms with Gasteiger partial charge in [-0.1, -0.05) is 13.3 Å². The van der Waals surface area contributed by atoms with Crippen LogP contribution in [0.5, 0.6) is 0 Å². The van der Waals surface area contributed by atoms with E-state index in [1.165, 1.54) is 0 Å². The highest BCUT2D eigenvalue weighted by Gasteiger charge is 2.46. The summed E-state index contributed by atoms with van der Waals surface area (Å²) in [5, 5.41) is 3.33. The van der Waals surface area contributed by atoms with E-state index >= 15 is 0 Å². The minimum Gasteiger partial charge on any atom is -0.379 e. The Morgan fingerprint density at radius 1 is 1.45 bits per heavy atom. The molecule has 0 bridgehead atoms. The van der Waals surface area contributed by atoms with Crippen LogP contribution >= 0.6 is 0 Å². The zero-order chi connectivity index (χ0) is 14.4. The average molecular weight is 284 g/mol. The van der Waals surface area contributed by atoms with Crippen molar-refractivity contribution in [1.29, 1.82) is 0 Å². The Bertz CT molecular complexity index is 318. The van der Waals surface area contributed by atoms with Crippen molar-refractivity contribution in [3.05, 3.63) is 0 Å². The number of primary amides is 1. The van der Waals surface area contributed by atoms with Crippen molar-refractivity contribution in [2.75, 3.05) is 26.4 Å². The summed E-state index contributed by atoms with van der Waals surface area (Å²) in [5.74, 6) is 0.0884. The molecule has 116 valence electrons. The molecule has 0 radical (unpaired) electrons. The topological polar surface area (TPSA) is 73.6 Å². The summed E-state index contributed by atoms with van der Waals surface area (Å²) in [6.45, 7) is 5.02. The van der Waals surface area contributed by atoms with Crippen LogP contribution < -0.4 is 11.1 Å². The number of amides is 1. The molecule has 1 saturated heterocycles. The van der Waals surface area contributed by atoms with Gasteiger partial charge in [-0.2, -0.15) is 0 Å². The number of hydrogen-bond donors (Lipinski definition) is 2. The number of carbonyl (C=O) groups is 1. The maximum absolute atomic E-state index is 11.9. The lowest BCUT2D eigenvalue weighted by molar-refractivity contribution is -0.126. The molecule has 5 heteroatoms. The zero-order valence-electron chi connectivity index (χ0n) is 12.5. The van der Waals surface area contributed by atoms with Crippen LogP contribution in [0.15, 0.2) is 0 Å². The van der Waals surface area contributed by atoms with E-state index in [4.69, 9.17) is 15.2 Å². The van der Waals surface area contributed by atoms with E-state index in [0.717, 1.165) is 51.7 Å². The van der Waals surface area contributed by atoms with Crippen molar-refractivity contribution < 1.29 is 14.3 Å². The van der Waals surface area contributed by atoms with E-state index < -0.39 is 5.54 Å². The summed E-state index contributed by atoms with van der Waals surface area (Å²) in [5.41, 5.74) is 5.14. The van der Waals surface area contributed by atoms with Crippen LogP contribution in [0.3, 0.4) is 0 Å². The Morgan fingerprint density at radius 3 is 2.95 bits per heavy atom. The first kappa shape index (κ1) is 15.7. The van der Waals surface area contributed by atoms with E-state index in [-0.39, 0.29) is 12.0 Å². The van der Waals surface area contributed by atoms with Crippen LogP contribution in [0.2, 0.25) is 0 Å². The van der Waals surface area contributed by atoms with Crippen molar-refractivity contribution in [1.82, 2.24) is 5.32 Å². The maximum atomic E-state index is 11.9. The highest BCUT2D eigenvalue weighted by Crippen LogP contribution is 2.37. The third kappa shape index (κ3) is 3.51. The summed E-state index contributed by atoms with van der Waals surface area (Å²) in [6, 6.07) is 0. The van der Waals surface area contributed by atoms with Gasteiger partial charge < -0.3 is 20.5 Å². The van der Waals surface area contributed by atoms with Gasteiger partial charge in [-0.15, -0.1) is 0 Å². The normalized spacial score (nSPS) is 33.6. The van der Waals surface area contributed by atoms with E-state index in [2.05, 4.69) is 5.32 Å². The summed E-state index contributed by atoms with van der Waals surface area (Å²) in [7, 11) is 0. The number of likely N-dealkylation sites (N-methyl/N-ethyl adjacent to an activating group) is 1. The fraction of sp³-hybridized carbons (Fsp3) is 0.933. The van der Waals surface area contributed by atoms with Gasteiger partial charge in [0, 0.05) is 13.2 Å². The molecular weight excluding hydrogens is 256 g/mol. The molecule has 3 atom stereocenters. The van der Waals surface area contributed by atoms with Crippen molar-refractivity contribution in [2.24, 2.45) is 11.7 Å². The second kappa shape index (κ2) is 7.38. The number of carbonyl (C=O) groups excluding carboxylic acids is 1. The Morgan fingerprint density at radius 2 is 2.30 bits per heavy atom. The first-order valence-electron chi connectivity index (χ1n) is 7.93. The molecule has 0 aromatic rings. The van der Waals surface area contributed by atoms with Gasteiger partial charge in [0.25, 0.3) is 0 Å². The van der Waals surface area contributed by atoms with Gasteiger partial charge in [-0.3, -0.25) is 4.79 Å². The predicted octanol–water partition coefficient (Wildman–Crippen LogP) is 1.21. The minimum atomic E-state index is -0.512.